The normalized spacial score (nSPS) is 13.0. The van der Waals surface area contributed by atoms with Gasteiger partial charge >= 0.3 is 0 Å². The van der Waals surface area contributed by atoms with Crippen LogP contribution in [0.15, 0.2) is 0 Å². The molecule has 0 aliphatic heterocycles. The number of hydrogen-bond donors (Lipinski definition) is 0. The van der Waals surface area contributed by atoms with Crippen LogP contribution in [-0.2, 0) is 0 Å². The van der Waals surface area contributed by atoms with Crippen LogP contribution in [0.5, 0.6) is 0 Å². The van der Waals surface area contributed by atoms with E-state index in [9.17, 15) is 0 Å². The minimum Gasteiger partial charge on any atom is -0.312 e. The van der Waals surface area contributed by atoms with Crippen molar-refractivity contribution in [3.05, 3.63) is 16.7 Å². The first-order valence-corrected chi connectivity index (χ1v) is 21.1. The van der Waals surface area contributed by atoms with Crippen molar-refractivity contribution in [2.24, 2.45) is 0 Å². The van der Waals surface area contributed by atoms with Gasteiger partial charge in [-0.05, 0) is 49.9 Å². The summed E-state index contributed by atoms with van der Waals surface area (Å²) in [6.45, 7) is 0. The predicted octanol–water partition coefficient (Wildman–Crippen LogP) is -22.5. The molecule has 0 bridgehead atoms. The third-order valence-electron chi connectivity index (χ3n) is 14.2. The molecule has 9 rings (SSSR count). The van der Waals surface area contributed by atoms with Gasteiger partial charge in [-0.1, -0.05) is 93.0 Å². The van der Waals surface area contributed by atoms with Gasteiger partial charge in [0.05, 0.1) is 0 Å². The maximum atomic E-state index is 7.33. The van der Waals surface area contributed by atoms with E-state index in [-0.39, 0.29) is 231 Å². The Morgan fingerprint density at radius 3 is 0.861 bits per heavy atom. The first-order chi connectivity index (χ1) is 33.5. The summed E-state index contributed by atoms with van der Waals surface area (Å²) in [5, 5.41) is 0.133. The zero-order valence-corrected chi connectivity index (χ0v) is 38.2. The number of hydrogen-bond acceptors (Lipinski definition) is 0. The fourth-order valence-corrected chi connectivity index (χ4v) is 10.3. The van der Waals surface area contributed by atoms with E-state index in [1.807, 2.05) is 0 Å². The quantitative estimate of drug-likeness (QED) is 0.156. The molecule has 8 aromatic rings. The minimum absolute atomic E-state index is 0.00136. The van der Waals surface area contributed by atoms with Gasteiger partial charge in [-0.3, -0.25) is 0 Å². The molecule has 7 aromatic carbocycles. The molecule has 262 valence electrons. The summed E-state index contributed by atoms with van der Waals surface area (Å²) in [4.78, 5) is 0. The molecule has 1 atom stereocenters. The Morgan fingerprint density at radius 1 is 0.181 bits per heavy atom. The molecule has 0 saturated heterocycles. The average molecular weight is 834 g/mol. The van der Waals surface area contributed by atoms with Gasteiger partial charge in [-0.2, -0.15) is 0 Å². The Labute approximate surface area is 457 Å². The SMILES string of the molecule is [B]c1c([B])c([B])c(-c2c([B])c([B])c(-n3c4c([B])c([B])c([B])c([B])c4c4c([B])c(-c5c([B])c([B])c6c(c5[B])-c5c([B])c([B])c([B])c([B])c5C6c5c([B])c([B])c([B])c([B])c5[B])c([B])c([B])c43)c([B])c2[B])c([B])c1[B]. The summed E-state index contributed by atoms with van der Waals surface area (Å²) in [5.74, 6) is -1.13. The maximum absolute atomic E-state index is 7.33. The Kier molecular flexibility index (Phi) is 13.2. The number of fused-ring (bicyclic) bond motifs is 6. The molecular weight excluding hydrogens is 833 g/mol. The average Bonchev–Trinajstić information content (AvgIpc) is 3.89. The molecule has 72 heavy (non-hydrogen) atoms. The third kappa shape index (κ3) is 6.74. The molecule has 1 aromatic heterocycles. The molecule has 0 amide bonds. The minimum atomic E-state index is -1.13. The molecule has 0 fully saturated rings. The van der Waals surface area contributed by atoms with Crippen molar-refractivity contribution in [2.45, 2.75) is 5.92 Å². The first kappa shape index (κ1) is 53.0. The predicted molar refractivity (Wildman–Crippen MR) is 335 cm³/mol. The van der Waals surface area contributed by atoms with Gasteiger partial charge in [-0.25, -0.2) is 0 Å². The van der Waals surface area contributed by atoms with E-state index in [4.69, 9.17) is 220 Å². The number of aromatic nitrogens is 1. The molecule has 0 spiro atoms. The van der Waals surface area contributed by atoms with Crippen LogP contribution in [-0.4, -0.2) is 224 Å². The highest BCUT2D eigenvalue weighted by Gasteiger charge is 2.39. The molecule has 1 aliphatic carbocycles. The van der Waals surface area contributed by atoms with Crippen LogP contribution in [0.2, 0.25) is 0 Å². The van der Waals surface area contributed by atoms with Crippen molar-refractivity contribution < 1.29 is 0 Å². The van der Waals surface area contributed by atoms with Gasteiger partial charge in [-0.15, -0.1) is 65.6 Å². The van der Waals surface area contributed by atoms with Crippen molar-refractivity contribution in [3.8, 4) is 39.1 Å². The van der Waals surface area contributed by atoms with E-state index in [0.29, 0.717) is 0 Å². The molecule has 29 heteroatoms. The van der Waals surface area contributed by atoms with Gasteiger partial charge in [0.2, 0.25) is 0 Å². The highest BCUT2D eigenvalue weighted by molar-refractivity contribution is 6.74. The second-order valence-corrected chi connectivity index (χ2v) is 17.6. The van der Waals surface area contributed by atoms with Gasteiger partial charge in [0.25, 0.3) is 0 Å². The zero-order chi connectivity index (χ0) is 53.4. The second-order valence-electron chi connectivity index (χ2n) is 17.6. The van der Waals surface area contributed by atoms with Gasteiger partial charge in [0.1, 0.15) is 220 Å². The van der Waals surface area contributed by atoms with E-state index in [0.717, 1.165) is 0 Å². The van der Waals surface area contributed by atoms with Crippen LogP contribution >= 0.6 is 0 Å². The third-order valence-corrected chi connectivity index (χ3v) is 14.2. The lowest BCUT2D eigenvalue weighted by molar-refractivity contribution is 1.06. The number of nitrogens with zero attached hydrogens (tertiary/aromatic N) is 1. The van der Waals surface area contributed by atoms with E-state index in [1.165, 1.54) is 4.57 Å². The number of rotatable bonds is 4. The Hall–Kier alpha value is -3.84. The van der Waals surface area contributed by atoms with Crippen LogP contribution in [0.1, 0.15) is 22.6 Å². The standard InChI is InChI=1S/C43HB28N/c44-13-4-2(1(3-5(4)17(48)28(59)27(58)16(3)47)6-19(50)29(60)34(65)30(61)20(6)51)15(46)18(49)7(13)8-14(45)11-12-26(57)33(64)36(67)40(71)42(12)72(41(11)37(68)23(8)54)43-38(69)24(55)10(25(56)39(43)70)9-21(52)31(62)35(66)32(63)22(9)53/h1H. The lowest BCUT2D eigenvalue weighted by Crippen LogP contribution is -2.57. The highest BCUT2D eigenvalue weighted by atomic mass is 15.0. The smallest absolute Gasteiger partial charge is 0.115 e. The lowest BCUT2D eigenvalue weighted by Gasteiger charge is -2.31. The summed E-state index contributed by atoms with van der Waals surface area (Å²) in [6.07, 6.45) is 0. The fourth-order valence-electron chi connectivity index (χ4n) is 10.3. The van der Waals surface area contributed by atoms with Crippen LogP contribution in [0.4, 0.5) is 0 Å². The molecule has 1 heterocycles. The summed E-state index contributed by atoms with van der Waals surface area (Å²) in [6, 6.07) is 0. The second kappa shape index (κ2) is 17.9. The molecule has 1 nitrogen and oxygen atoms in total. The van der Waals surface area contributed by atoms with Gasteiger partial charge < -0.3 is 4.57 Å². The van der Waals surface area contributed by atoms with Crippen LogP contribution in [0.3, 0.4) is 0 Å². The summed E-state index contributed by atoms with van der Waals surface area (Å²) in [7, 11) is 188. The van der Waals surface area contributed by atoms with Crippen molar-refractivity contribution in [2.75, 3.05) is 0 Å². The highest BCUT2D eigenvalue weighted by Crippen LogP contribution is 2.44. The summed E-state index contributed by atoms with van der Waals surface area (Å²) >= 11 is 0. The van der Waals surface area contributed by atoms with Crippen molar-refractivity contribution in [1.29, 1.82) is 0 Å². The molecule has 0 saturated carbocycles. The van der Waals surface area contributed by atoms with E-state index in [1.54, 1.807) is 0 Å². The van der Waals surface area contributed by atoms with Crippen molar-refractivity contribution >= 4 is 394 Å². The van der Waals surface area contributed by atoms with Crippen molar-refractivity contribution in [1.82, 2.24) is 4.57 Å². The Balaban J connectivity index is 1.45. The summed E-state index contributed by atoms with van der Waals surface area (Å²) < 4.78 is 1.39. The molecule has 56 radical (unpaired) electrons. The van der Waals surface area contributed by atoms with Crippen LogP contribution < -0.4 is 153 Å². The monoisotopic (exact) mass is 839 g/mol. The van der Waals surface area contributed by atoms with Crippen LogP contribution in [0.25, 0.3) is 60.9 Å². The largest absolute Gasteiger partial charge is 0.312 e. The van der Waals surface area contributed by atoms with E-state index < -0.39 is 5.92 Å². The number of benzene rings is 7. The van der Waals surface area contributed by atoms with E-state index in [2.05, 4.69) is 0 Å². The van der Waals surface area contributed by atoms with Crippen molar-refractivity contribution in [3.63, 3.8) is 0 Å². The fraction of sp³-hybridized carbons (Fsp3) is 0.0233. The summed E-state index contributed by atoms with van der Waals surface area (Å²) in [5.41, 5.74) is -2.86. The zero-order valence-electron chi connectivity index (χ0n) is 38.2. The molecular formula is C43HB28N. The van der Waals surface area contributed by atoms with Crippen LogP contribution in [0, 0.1) is 0 Å². The Morgan fingerprint density at radius 2 is 0.417 bits per heavy atom. The van der Waals surface area contributed by atoms with Gasteiger partial charge in [0, 0.05) is 28.0 Å². The molecule has 1 aliphatic rings. The van der Waals surface area contributed by atoms with E-state index >= 15 is 0 Å². The molecule has 0 N–H and O–H groups in total. The maximum Gasteiger partial charge on any atom is 0.115 e. The Bertz CT molecular complexity index is 3820. The topological polar surface area (TPSA) is 4.93 Å². The van der Waals surface area contributed by atoms with Gasteiger partial charge in [0.15, 0.2) is 0 Å². The lowest BCUT2D eigenvalue weighted by atomic mass is 9.56. The molecule has 1 unspecified atom stereocenters. The first-order valence-electron chi connectivity index (χ1n) is 21.1.